The van der Waals surface area contributed by atoms with Crippen molar-refractivity contribution in [1.82, 2.24) is 0 Å². The van der Waals surface area contributed by atoms with Gasteiger partial charge in [-0.3, -0.25) is 4.21 Å². The summed E-state index contributed by atoms with van der Waals surface area (Å²) in [7, 11) is -2.20. The first-order valence-electron chi connectivity index (χ1n) is 5.21. The molecule has 0 aromatic heterocycles. The highest BCUT2D eigenvalue weighted by Gasteiger charge is 2.03. The maximum Gasteiger partial charge on any atom is 0.128 e. The van der Waals surface area contributed by atoms with Gasteiger partial charge in [0.15, 0.2) is 0 Å². The van der Waals surface area contributed by atoms with Crippen molar-refractivity contribution >= 4 is 15.4 Å². The molecule has 0 heterocycles. The quantitative estimate of drug-likeness (QED) is 0.777. The lowest BCUT2D eigenvalue weighted by molar-refractivity contribution is 0.481. The molecule has 2 aromatic rings. The molecule has 0 N–H and O–H groups in total. The first kappa shape index (κ1) is 11.7. The molecule has 2 aromatic carbocycles. The minimum absolute atomic E-state index is 0.673. The Hall–Kier alpha value is -1.74. The second-order valence-corrected chi connectivity index (χ2v) is 6.38. The minimum atomic E-state index is -2.20. The van der Waals surface area contributed by atoms with E-state index in [2.05, 4.69) is 5.87 Å². The predicted molar refractivity (Wildman–Crippen MR) is 72.4 cm³/mol. The topological polar surface area (TPSA) is 26.3 Å². The van der Waals surface area contributed by atoms with Crippen molar-refractivity contribution in [1.29, 1.82) is 0 Å². The van der Waals surface area contributed by atoms with Crippen molar-refractivity contribution in [3.8, 4) is 11.5 Å². The maximum absolute atomic E-state index is 11.8. The van der Waals surface area contributed by atoms with Crippen LogP contribution in [0, 0.1) is 0 Å². The van der Waals surface area contributed by atoms with Gasteiger partial charge in [-0.05, 0) is 45.7 Å². The van der Waals surface area contributed by atoms with Gasteiger partial charge in [-0.2, -0.15) is 0 Å². The van der Waals surface area contributed by atoms with E-state index >= 15 is 0 Å². The van der Waals surface area contributed by atoms with Crippen LogP contribution in [0.1, 0.15) is 0 Å². The zero-order chi connectivity index (χ0) is 12.3. The van der Waals surface area contributed by atoms with Gasteiger partial charge in [0.1, 0.15) is 11.5 Å². The fourth-order valence-electron chi connectivity index (χ4n) is 1.43. The molecule has 88 valence electrons. The predicted octanol–water partition coefficient (Wildman–Crippen LogP) is 3.18. The number of hydrogen-bond acceptors (Lipinski definition) is 2. The third kappa shape index (κ3) is 3.11. The summed E-state index contributed by atoms with van der Waals surface area (Å²) in [5, 5.41) is 0. The second-order valence-electron chi connectivity index (χ2n) is 3.89. The summed E-state index contributed by atoms with van der Waals surface area (Å²) in [5.74, 6) is 5.09. The molecule has 0 saturated heterocycles. The molecule has 0 aliphatic rings. The van der Waals surface area contributed by atoms with Gasteiger partial charge in [-0.25, -0.2) is 0 Å². The first-order chi connectivity index (χ1) is 8.05. The third-order valence-corrected chi connectivity index (χ3v) is 3.53. The van der Waals surface area contributed by atoms with E-state index in [4.69, 9.17) is 4.74 Å². The first-order valence-corrected chi connectivity index (χ1v) is 7.34. The normalized spacial score (nSPS) is 13.9. The zero-order valence-corrected chi connectivity index (χ0v) is 10.4. The molecule has 0 bridgehead atoms. The molecule has 1 unspecified atom stereocenters. The van der Waals surface area contributed by atoms with Crippen LogP contribution >= 0.6 is 0 Å². The van der Waals surface area contributed by atoms with Crippen LogP contribution in [0.15, 0.2) is 59.5 Å². The summed E-state index contributed by atoms with van der Waals surface area (Å²) in [6.07, 6.45) is 1.62. The summed E-state index contributed by atoms with van der Waals surface area (Å²) in [6, 6.07) is 16.7. The Labute approximate surface area is 102 Å². The molecule has 0 amide bonds. The zero-order valence-electron chi connectivity index (χ0n) is 9.63. The molecule has 0 radical (unpaired) electrons. The number of para-hydroxylation sites is 1. The van der Waals surface area contributed by atoms with E-state index in [1.54, 1.807) is 18.4 Å². The monoisotopic (exact) mass is 246 g/mol. The molecular formula is C14H14O2S. The fraction of sp³-hybridized carbons (Fsp3) is 0.0714. The van der Waals surface area contributed by atoms with Crippen LogP contribution in [0.25, 0.3) is 0 Å². The van der Waals surface area contributed by atoms with E-state index in [9.17, 15) is 4.21 Å². The summed E-state index contributed by atoms with van der Waals surface area (Å²) < 4.78 is 17.5. The molecular weight excluding hydrogens is 232 g/mol. The summed E-state index contributed by atoms with van der Waals surface area (Å²) in [5.41, 5.74) is 0. The van der Waals surface area contributed by atoms with Crippen LogP contribution in [0.5, 0.6) is 11.5 Å². The number of hydrogen-bond donors (Lipinski definition) is 0. The van der Waals surface area contributed by atoms with Gasteiger partial charge < -0.3 is 4.74 Å². The highest BCUT2D eigenvalue weighted by Crippen LogP contribution is 2.23. The van der Waals surface area contributed by atoms with Gasteiger partial charge in [-0.15, -0.1) is 0 Å². The highest BCUT2D eigenvalue weighted by molar-refractivity contribution is 7.99. The Morgan fingerprint density at radius 3 is 2.29 bits per heavy atom. The van der Waals surface area contributed by atoms with Gasteiger partial charge in [-0.1, -0.05) is 24.3 Å². The lowest BCUT2D eigenvalue weighted by atomic mass is 10.3. The second kappa shape index (κ2) is 4.63. The van der Waals surface area contributed by atoms with E-state index in [-0.39, 0.29) is 0 Å². The highest BCUT2D eigenvalue weighted by atomic mass is 32.2. The lowest BCUT2D eigenvalue weighted by Crippen LogP contribution is -1.96. The minimum Gasteiger partial charge on any atom is -0.457 e. The molecule has 0 spiro atoms. The average molecular weight is 246 g/mol. The average Bonchev–Trinajstić information content (AvgIpc) is 2.29. The number of benzene rings is 2. The van der Waals surface area contributed by atoms with Crippen LogP contribution in [0.2, 0.25) is 0 Å². The Kier molecular flexibility index (Phi) is 3.20. The van der Waals surface area contributed by atoms with Crippen molar-refractivity contribution in [2.45, 2.75) is 4.90 Å². The van der Waals surface area contributed by atoms with Gasteiger partial charge >= 0.3 is 0 Å². The van der Waals surface area contributed by atoms with Gasteiger partial charge in [0, 0.05) is 11.2 Å². The molecule has 0 saturated carbocycles. The third-order valence-electron chi connectivity index (χ3n) is 2.28. The van der Waals surface area contributed by atoms with Crippen LogP contribution in [-0.4, -0.2) is 16.3 Å². The van der Waals surface area contributed by atoms with Crippen molar-refractivity contribution in [3.05, 3.63) is 54.6 Å². The summed E-state index contributed by atoms with van der Waals surface area (Å²) in [6.45, 7) is 0. The molecule has 1 atom stereocenters. The van der Waals surface area contributed by atoms with Crippen molar-refractivity contribution in [2.75, 3.05) is 6.26 Å². The standard InChI is InChI=1S/C14H14O2S/c1-17(2,15)14-10-6-9-13(11-14)16-12-7-4-3-5-8-12/h3-11H,1H2,2H3. The largest absolute Gasteiger partial charge is 0.457 e. The molecule has 2 nitrogen and oxygen atoms in total. The van der Waals surface area contributed by atoms with Gasteiger partial charge in [0.05, 0.1) is 0 Å². The summed E-state index contributed by atoms with van der Waals surface area (Å²) in [4.78, 5) is 0.700. The lowest BCUT2D eigenvalue weighted by Gasteiger charge is -2.08. The Bertz CT molecular complexity index is 601. The molecule has 0 aliphatic heterocycles. The van der Waals surface area contributed by atoms with E-state index in [0.29, 0.717) is 10.6 Å². The van der Waals surface area contributed by atoms with Crippen molar-refractivity contribution < 1.29 is 8.95 Å². The number of rotatable bonds is 3. The Balaban J connectivity index is 2.29. The van der Waals surface area contributed by atoms with Crippen LogP contribution in [0.3, 0.4) is 0 Å². The van der Waals surface area contributed by atoms with Gasteiger partial charge in [0.2, 0.25) is 0 Å². The SMILES string of the molecule is C=S(C)(=O)c1cccc(Oc2ccccc2)c1. The van der Waals surface area contributed by atoms with E-state index in [1.807, 2.05) is 42.5 Å². The van der Waals surface area contributed by atoms with Gasteiger partial charge in [0.25, 0.3) is 0 Å². The van der Waals surface area contributed by atoms with E-state index in [0.717, 1.165) is 5.75 Å². The van der Waals surface area contributed by atoms with Crippen LogP contribution in [0.4, 0.5) is 0 Å². The van der Waals surface area contributed by atoms with E-state index in [1.165, 1.54) is 0 Å². The molecule has 0 aliphatic carbocycles. The smallest absolute Gasteiger partial charge is 0.128 e. The van der Waals surface area contributed by atoms with Crippen LogP contribution in [-0.2, 0) is 9.52 Å². The van der Waals surface area contributed by atoms with Crippen molar-refractivity contribution in [2.24, 2.45) is 0 Å². The van der Waals surface area contributed by atoms with Crippen molar-refractivity contribution in [3.63, 3.8) is 0 Å². The fourth-order valence-corrected chi connectivity index (χ4v) is 2.16. The van der Waals surface area contributed by atoms with E-state index < -0.39 is 9.52 Å². The maximum atomic E-state index is 11.8. The molecule has 3 heteroatoms. The molecule has 17 heavy (non-hydrogen) atoms. The van der Waals surface area contributed by atoms with Crippen LogP contribution < -0.4 is 4.74 Å². The summed E-state index contributed by atoms with van der Waals surface area (Å²) >= 11 is 0. The molecule has 0 fully saturated rings. The molecule has 2 rings (SSSR count). The Morgan fingerprint density at radius 2 is 1.65 bits per heavy atom. The number of ether oxygens (including phenoxy) is 1. The Morgan fingerprint density at radius 1 is 1.00 bits per heavy atom.